The van der Waals surface area contributed by atoms with Crippen LogP contribution in [-0.2, 0) is 4.79 Å². The summed E-state index contributed by atoms with van der Waals surface area (Å²) in [5, 5.41) is 16.7. The number of carbonyl (C=O) groups is 1. The minimum Gasteiger partial charge on any atom is -0.388 e. The second kappa shape index (κ2) is 7.22. The number of aliphatic hydroxyl groups is 1. The summed E-state index contributed by atoms with van der Waals surface area (Å²) < 4.78 is 0. The molecule has 110 valence electrons. The second-order valence-corrected chi connectivity index (χ2v) is 5.94. The number of hydrogen-bond acceptors (Lipinski definition) is 4. The van der Waals surface area contributed by atoms with Crippen LogP contribution in [0.25, 0.3) is 0 Å². The van der Waals surface area contributed by atoms with E-state index >= 15 is 0 Å². The van der Waals surface area contributed by atoms with Crippen LogP contribution in [0.2, 0.25) is 0 Å². The van der Waals surface area contributed by atoms with E-state index in [2.05, 4.69) is 15.5 Å². The van der Waals surface area contributed by atoms with E-state index in [4.69, 9.17) is 0 Å². The lowest BCUT2D eigenvalue weighted by Gasteiger charge is -2.29. The van der Waals surface area contributed by atoms with Crippen LogP contribution in [0, 0.1) is 0 Å². The van der Waals surface area contributed by atoms with Crippen LogP contribution in [0.3, 0.4) is 0 Å². The first-order valence-electron chi connectivity index (χ1n) is 7.60. The normalized spacial score (nSPS) is 24.7. The quantitative estimate of drug-likeness (QED) is 0.633. The molecule has 3 N–H and O–H groups in total. The van der Waals surface area contributed by atoms with E-state index in [0.717, 1.165) is 51.9 Å². The fourth-order valence-corrected chi connectivity index (χ4v) is 2.95. The predicted octanol–water partition coefficient (Wildman–Crippen LogP) is 0.0931. The summed E-state index contributed by atoms with van der Waals surface area (Å²) in [6.07, 6.45) is 6.20. The van der Waals surface area contributed by atoms with Crippen molar-refractivity contribution in [1.29, 1.82) is 0 Å². The largest absolute Gasteiger partial charge is 0.388 e. The molecule has 0 aromatic carbocycles. The maximum atomic E-state index is 11.9. The molecule has 0 spiro atoms. The highest BCUT2D eigenvalue weighted by Gasteiger charge is 2.28. The summed E-state index contributed by atoms with van der Waals surface area (Å²) in [6, 6.07) is 0. The lowest BCUT2D eigenvalue weighted by Crippen LogP contribution is -2.50. The third kappa shape index (κ3) is 5.09. The summed E-state index contributed by atoms with van der Waals surface area (Å²) in [6.45, 7) is 4.64. The van der Waals surface area contributed by atoms with Gasteiger partial charge in [-0.25, -0.2) is 0 Å². The summed E-state index contributed by atoms with van der Waals surface area (Å²) >= 11 is 0. The Morgan fingerprint density at radius 3 is 2.42 bits per heavy atom. The molecule has 1 aliphatic heterocycles. The van der Waals surface area contributed by atoms with Gasteiger partial charge in [0.15, 0.2) is 0 Å². The van der Waals surface area contributed by atoms with Crippen molar-refractivity contribution in [3.63, 3.8) is 0 Å². The number of carbonyl (C=O) groups excluding carboxylic acids is 1. The van der Waals surface area contributed by atoms with E-state index in [0.29, 0.717) is 13.1 Å². The SMILES string of the molecule is O=C(CN1CCNCC1)NCC1(O)CCCCCC1. The van der Waals surface area contributed by atoms with Crippen molar-refractivity contribution < 1.29 is 9.90 Å². The number of nitrogens with zero attached hydrogens (tertiary/aromatic N) is 1. The fraction of sp³-hybridized carbons (Fsp3) is 0.929. The van der Waals surface area contributed by atoms with Crippen molar-refractivity contribution in [3.05, 3.63) is 0 Å². The first-order chi connectivity index (χ1) is 9.18. The first-order valence-corrected chi connectivity index (χ1v) is 7.60. The third-order valence-corrected chi connectivity index (χ3v) is 4.23. The standard InChI is InChI=1S/C14H27N3O2/c18-13(11-17-9-7-15-8-10-17)16-12-14(19)5-3-1-2-4-6-14/h15,19H,1-12H2,(H,16,18). The van der Waals surface area contributed by atoms with Crippen LogP contribution in [0.4, 0.5) is 0 Å². The molecule has 19 heavy (non-hydrogen) atoms. The van der Waals surface area contributed by atoms with Crippen molar-refractivity contribution in [2.24, 2.45) is 0 Å². The average Bonchev–Trinajstić information content (AvgIpc) is 2.63. The maximum absolute atomic E-state index is 11.9. The van der Waals surface area contributed by atoms with Crippen LogP contribution < -0.4 is 10.6 Å². The molecule has 0 radical (unpaired) electrons. The van der Waals surface area contributed by atoms with Gasteiger partial charge in [0.25, 0.3) is 0 Å². The van der Waals surface area contributed by atoms with Gasteiger partial charge in [-0.3, -0.25) is 9.69 Å². The van der Waals surface area contributed by atoms with Crippen molar-refractivity contribution in [2.45, 2.75) is 44.1 Å². The van der Waals surface area contributed by atoms with Gasteiger partial charge in [0.05, 0.1) is 12.1 Å². The highest BCUT2D eigenvalue weighted by molar-refractivity contribution is 5.78. The van der Waals surface area contributed by atoms with E-state index in [1.165, 1.54) is 12.8 Å². The summed E-state index contributed by atoms with van der Waals surface area (Å²) in [4.78, 5) is 14.1. The topological polar surface area (TPSA) is 64.6 Å². The molecule has 2 rings (SSSR count). The van der Waals surface area contributed by atoms with E-state index in [-0.39, 0.29) is 5.91 Å². The molecule has 0 atom stereocenters. The first kappa shape index (κ1) is 14.8. The Hall–Kier alpha value is -0.650. The zero-order chi connectivity index (χ0) is 13.6. The van der Waals surface area contributed by atoms with Gasteiger partial charge >= 0.3 is 0 Å². The van der Waals surface area contributed by atoms with Crippen LogP contribution in [-0.4, -0.2) is 60.8 Å². The van der Waals surface area contributed by atoms with Gasteiger partial charge < -0.3 is 15.7 Å². The maximum Gasteiger partial charge on any atom is 0.234 e. The smallest absolute Gasteiger partial charge is 0.234 e. The Balaban J connectivity index is 1.69. The van der Waals surface area contributed by atoms with Gasteiger partial charge in [0.2, 0.25) is 5.91 Å². The molecule has 1 amide bonds. The van der Waals surface area contributed by atoms with E-state index in [1.54, 1.807) is 0 Å². The van der Waals surface area contributed by atoms with Gasteiger partial charge in [0.1, 0.15) is 0 Å². The second-order valence-electron chi connectivity index (χ2n) is 5.94. The monoisotopic (exact) mass is 269 g/mol. The summed E-state index contributed by atoms with van der Waals surface area (Å²) in [7, 11) is 0. The van der Waals surface area contributed by atoms with Crippen molar-refractivity contribution in [3.8, 4) is 0 Å². The fourth-order valence-electron chi connectivity index (χ4n) is 2.95. The minimum absolute atomic E-state index is 0.0413. The van der Waals surface area contributed by atoms with Crippen molar-refractivity contribution in [2.75, 3.05) is 39.3 Å². The molecule has 2 fully saturated rings. The predicted molar refractivity (Wildman–Crippen MR) is 75.0 cm³/mol. The Bertz CT molecular complexity index is 282. The summed E-state index contributed by atoms with van der Waals surface area (Å²) in [5.41, 5.74) is -0.671. The number of rotatable bonds is 4. The summed E-state index contributed by atoms with van der Waals surface area (Å²) in [5.74, 6) is 0.0413. The molecule has 1 aliphatic carbocycles. The van der Waals surface area contributed by atoms with Gasteiger partial charge in [-0.1, -0.05) is 25.7 Å². The molecule has 5 nitrogen and oxygen atoms in total. The van der Waals surface area contributed by atoms with E-state index in [9.17, 15) is 9.90 Å². The van der Waals surface area contributed by atoms with Crippen molar-refractivity contribution >= 4 is 5.91 Å². The lowest BCUT2D eigenvalue weighted by atomic mass is 9.94. The highest BCUT2D eigenvalue weighted by Crippen LogP contribution is 2.26. The third-order valence-electron chi connectivity index (χ3n) is 4.23. The minimum atomic E-state index is -0.671. The number of piperazine rings is 1. The highest BCUT2D eigenvalue weighted by atomic mass is 16.3. The molecule has 1 saturated carbocycles. The van der Waals surface area contributed by atoms with E-state index < -0.39 is 5.60 Å². The Kier molecular flexibility index (Phi) is 5.60. The number of nitrogens with one attached hydrogen (secondary N) is 2. The van der Waals surface area contributed by atoms with Crippen molar-refractivity contribution in [1.82, 2.24) is 15.5 Å². The van der Waals surface area contributed by atoms with Gasteiger partial charge in [-0.05, 0) is 12.8 Å². The Labute approximate surface area is 115 Å². The average molecular weight is 269 g/mol. The van der Waals surface area contributed by atoms with Gasteiger partial charge in [0, 0.05) is 32.7 Å². The van der Waals surface area contributed by atoms with E-state index in [1.807, 2.05) is 0 Å². The molecule has 0 aromatic rings. The number of hydrogen-bond donors (Lipinski definition) is 3. The zero-order valence-electron chi connectivity index (χ0n) is 11.8. The Morgan fingerprint density at radius 2 is 1.79 bits per heavy atom. The van der Waals surface area contributed by atoms with Gasteiger partial charge in [-0.2, -0.15) is 0 Å². The molecule has 0 unspecified atom stereocenters. The molecular weight excluding hydrogens is 242 g/mol. The molecular formula is C14H27N3O2. The van der Waals surface area contributed by atoms with Gasteiger partial charge in [-0.15, -0.1) is 0 Å². The number of amides is 1. The van der Waals surface area contributed by atoms with Crippen LogP contribution >= 0.6 is 0 Å². The molecule has 1 saturated heterocycles. The molecule has 1 heterocycles. The van der Waals surface area contributed by atoms with Crippen LogP contribution in [0.15, 0.2) is 0 Å². The lowest BCUT2D eigenvalue weighted by molar-refractivity contribution is -0.123. The molecule has 0 aromatic heterocycles. The van der Waals surface area contributed by atoms with Crippen LogP contribution in [0.5, 0.6) is 0 Å². The molecule has 0 bridgehead atoms. The van der Waals surface area contributed by atoms with Crippen LogP contribution in [0.1, 0.15) is 38.5 Å². The Morgan fingerprint density at radius 1 is 1.16 bits per heavy atom. The molecule has 2 aliphatic rings. The zero-order valence-corrected chi connectivity index (χ0v) is 11.8. The molecule has 5 heteroatoms.